The molecule has 0 bridgehead atoms. The third-order valence-electron chi connectivity index (χ3n) is 4.35. The number of hydrogen-bond acceptors (Lipinski definition) is 4. The highest BCUT2D eigenvalue weighted by Crippen LogP contribution is 2.23. The van der Waals surface area contributed by atoms with Crippen molar-refractivity contribution in [2.45, 2.75) is 45.8 Å². The molecule has 1 fully saturated rings. The first-order chi connectivity index (χ1) is 10.7. The van der Waals surface area contributed by atoms with E-state index in [9.17, 15) is 0 Å². The van der Waals surface area contributed by atoms with Gasteiger partial charge in [0.15, 0.2) is 0 Å². The molecule has 1 aliphatic heterocycles. The molecule has 1 aliphatic rings. The van der Waals surface area contributed by atoms with Gasteiger partial charge in [-0.15, -0.1) is 22.7 Å². The second kappa shape index (κ2) is 7.73. The predicted molar refractivity (Wildman–Crippen MR) is 97.7 cm³/mol. The maximum Gasteiger partial charge on any atom is 0.0331 e. The van der Waals surface area contributed by atoms with Crippen LogP contribution in [-0.2, 0) is 19.6 Å². The zero-order chi connectivity index (χ0) is 15.4. The van der Waals surface area contributed by atoms with Crippen LogP contribution < -0.4 is 0 Å². The van der Waals surface area contributed by atoms with Crippen molar-refractivity contribution in [2.75, 3.05) is 20.1 Å². The van der Waals surface area contributed by atoms with E-state index in [1.807, 2.05) is 22.7 Å². The van der Waals surface area contributed by atoms with E-state index in [0.29, 0.717) is 0 Å². The van der Waals surface area contributed by atoms with Crippen LogP contribution in [0.2, 0.25) is 0 Å². The van der Waals surface area contributed by atoms with Crippen LogP contribution in [0.5, 0.6) is 0 Å². The normalized spacial score (nSPS) is 16.5. The first-order valence-electron chi connectivity index (χ1n) is 8.22. The van der Waals surface area contributed by atoms with Crippen molar-refractivity contribution in [1.29, 1.82) is 0 Å². The molecule has 0 amide bonds. The van der Waals surface area contributed by atoms with Gasteiger partial charge in [-0.2, -0.15) is 0 Å². The molecule has 4 heteroatoms. The summed E-state index contributed by atoms with van der Waals surface area (Å²) in [6.07, 6.45) is 4.17. The van der Waals surface area contributed by atoms with E-state index in [4.69, 9.17) is 0 Å². The van der Waals surface area contributed by atoms with Crippen LogP contribution in [0.15, 0.2) is 23.6 Å². The van der Waals surface area contributed by atoms with Crippen LogP contribution >= 0.6 is 22.7 Å². The highest BCUT2D eigenvalue weighted by Gasteiger charge is 2.12. The first kappa shape index (κ1) is 16.2. The number of likely N-dealkylation sites (tertiary alicyclic amines) is 1. The van der Waals surface area contributed by atoms with Gasteiger partial charge in [0.1, 0.15) is 0 Å². The number of piperidine rings is 1. The third-order valence-corrected chi connectivity index (χ3v) is 6.42. The van der Waals surface area contributed by atoms with Gasteiger partial charge in [-0.1, -0.05) is 6.42 Å². The Hall–Kier alpha value is -0.680. The lowest BCUT2D eigenvalue weighted by atomic mass is 10.1. The van der Waals surface area contributed by atoms with Gasteiger partial charge in [0, 0.05) is 34.3 Å². The zero-order valence-electron chi connectivity index (χ0n) is 13.7. The lowest BCUT2D eigenvalue weighted by Gasteiger charge is -2.25. The summed E-state index contributed by atoms with van der Waals surface area (Å²) in [5.41, 5.74) is 1.42. The molecule has 2 aromatic heterocycles. The Balaban J connectivity index is 1.51. The second-order valence-corrected chi connectivity index (χ2v) is 8.66. The quantitative estimate of drug-likeness (QED) is 0.753. The summed E-state index contributed by atoms with van der Waals surface area (Å²) in [7, 11) is 2.23. The van der Waals surface area contributed by atoms with E-state index in [1.165, 1.54) is 52.5 Å². The molecule has 0 aliphatic carbocycles. The summed E-state index contributed by atoms with van der Waals surface area (Å²) in [5, 5.41) is 2.19. The van der Waals surface area contributed by atoms with Crippen LogP contribution in [-0.4, -0.2) is 29.9 Å². The zero-order valence-corrected chi connectivity index (χ0v) is 15.3. The topological polar surface area (TPSA) is 6.48 Å². The van der Waals surface area contributed by atoms with Gasteiger partial charge < -0.3 is 0 Å². The maximum atomic E-state index is 2.61. The predicted octanol–water partition coefficient (Wildman–Crippen LogP) is 4.74. The van der Waals surface area contributed by atoms with Gasteiger partial charge in [-0.3, -0.25) is 9.80 Å². The molecule has 0 aromatic carbocycles. The number of thiophene rings is 2. The molecule has 0 atom stereocenters. The van der Waals surface area contributed by atoms with Crippen LogP contribution in [0.3, 0.4) is 0 Å². The molecule has 0 spiro atoms. The number of aryl methyl sites for hydroxylation is 1. The molecule has 0 saturated carbocycles. The maximum absolute atomic E-state index is 2.61. The summed E-state index contributed by atoms with van der Waals surface area (Å²) >= 11 is 3.86. The Morgan fingerprint density at radius 1 is 1.05 bits per heavy atom. The monoisotopic (exact) mass is 334 g/mol. The average Bonchev–Trinajstić information content (AvgIpc) is 3.10. The van der Waals surface area contributed by atoms with Gasteiger partial charge in [0.25, 0.3) is 0 Å². The fourth-order valence-corrected chi connectivity index (χ4v) is 5.19. The van der Waals surface area contributed by atoms with E-state index in [-0.39, 0.29) is 0 Å². The Morgan fingerprint density at radius 2 is 1.82 bits per heavy atom. The number of nitrogens with zero attached hydrogens (tertiary/aromatic N) is 2. The highest BCUT2D eigenvalue weighted by molar-refractivity contribution is 7.12. The van der Waals surface area contributed by atoms with Gasteiger partial charge >= 0.3 is 0 Å². The van der Waals surface area contributed by atoms with Crippen molar-refractivity contribution in [3.8, 4) is 0 Å². The molecule has 2 aromatic rings. The van der Waals surface area contributed by atoms with Gasteiger partial charge in [-0.25, -0.2) is 0 Å². The van der Waals surface area contributed by atoms with Crippen LogP contribution in [0.4, 0.5) is 0 Å². The van der Waals surface area contributed by atoms with Crippen molar-refractivity contribution in [3.05, 3.63) is 43.8 Å². The molecule has 0 radical (unpaired) electrons. The lowest BCUT2D eigenvalue weighted by Crippen LogP contribution is -2.28. The number of hydrogen-bond donors (Lipinski definition) is 0. The lowest BCUT2D eigenvalue weighted by molar-refractivity contribution is 0.222. The standard InChI is InChI=1S/C18H26N2S2/c1-15-8-11-21-18(15)14-19(2)12-16-6-7-17(22-16)13-20-9-4-3-5-10-20/h6-8,11H,3-5,9-10,12-14H2,1-2H3. The van der Waals surface area contributed by atoms with Crippen LogP contribution in [0.1, 0.15) is 39.5 Å². The van der Waals surface area contributed by atoms with Crippen molar-refractivity contribution in [1.82, 2.24) is 9.80 Å². The molecule has 2 nitrogen and oxygen atoms in total. The minimum absolute atomic E-state index is 1.06. The van der Waals surface area contributed by atoms with E-state index in [0.717, 1.165) is 19.6 Å². The molecule has 0 unspecified atom stereocenters. The minimum Gasteiger partial charge on any atom is -0.298 e. The summed E-state index contributed by atoms with van der Waals surface area (Å²) < 4.78 is 0. The van der Waals surface area contributed by atoms with Crippen molar-refractivity contribution in [2.24, 2.45) is 0 Å². The minimum atomic E-state index is 1.06. The van der Waals surface area contributed by atoms with Crippen molar-refractivity contribution in [3.63, 3.8) is 0 Å². The van der Waals surface area contributed by atoms with E-state index < -0.39 is 0 Å². The summed E-state index contributed by atoms with van der Waals surface area (Å²) in [6, 6.07) is 6.87. The SMILES string of the molecule is Cc1ccsc1CN(C)Cc1ccc(CN2CCCCC2)s1. The fraction of sp³-hybridized carbons (Fsp3) is 0.556. The second-order valence-electron chi connectivity index (χ2n) is 6.40. The molecule has 3 rings (SSSR count). The summed E-state index contributed by atoms with van der Waals surface area (Å²) in [4.78, 5) is 9.54. The fourth-order valence-electron chi connectivity index (χ4n) is 3.06. The molecule has 22 heavy (non-hydrogen) atoms. The third kappa shape index (κ3) is 4.42. The smallest absolute Gasteiger partial charge is 0.0331 e. The number of rotatable bonds is 6. The van der Waals surface area contributed by atoms with E-state index in [2.05, 4.69) is 47.4 Å². The molecule has 120 valence electrons. The average molecular weight is 335 g/mol. The highest BCUT2D eigenvalue weighted by atomic mass is 32.1. The van der Waals surface area contributed by atoms with Gasteiger partial charge in [0.05, 0.1) is 0 Å². The largest absolute Gasteiger partial charge is 0.298 e. The molecular weight excluding hydrogens is 308 g/mol. The Kier molecular flexibility index (Phi) is 5.69. The van der Waals surface area contributed by atoms with Crippen molar-refractivity contribution < 1.29 is 0 Å². The molecular formula is C18H26N2S2. The molecule has 0 N–H and O–H groups in total. The summed E-state index contributed by atoms with van der Waals surface area (Å²) in [5.74, 6) is 0. The van der Waals surface area contributed by atoms with Gasteiger partial charge in [0.2, 0.25) is 0 Å². The first-order valence-corrected chi connectivity index (χ1v) is 9.92. The Labute approximate surface area is 142 Å². The van der Waals surface area contributed by atoms with E-state index >= 15 is 0 Å². The van der Waals surface area contributed by atoms with Crippen molar-refractivity contribution >= 4 is 22.7 Å². The van der Waals surface area contributed by atoms with Gasteiger partial charge in [-0.05, 0) is 69.0 Å². The van der Waals surface area contributed by atoms with Crippen LogP contribution in [0, 0.1) is 6.92 Å². The molecule has 1 saturated heterocycles. The van der Waals surface area contributed by atoms with Crippen LogP contribution in [0.25, 0.3) is 0 Å². The Morgan fingerprint density at radius 3 is 2.55 bits per heavy atom. The van der Waals surface area contributed by atoms with E-state index in [1.54, 1.807) is 0 Å². The Bertz CT molecular complexity index is 581. The summed E-state index contributed by atoms with van der Waals surface area (Å²) in [6.45, 7) is 8.04. The molecule has 3 heterocycles.